The van der Waals surface area contributed by atoms with Crippen LogP contribution in [0.2, 0.25) is 0 Å². The van der Waals surface area contributed by atoms with Crippen molar-refractivity contribution in [1.82, 2.24) is 15.6 Å². The molecule has 6 rings (SSSR count). The second kappa shape index (κ2) is 5.48. The number of aliphatic hydroxyl groups is 1. The summed E-state index contributed by atoms with van der Waals surface area (Å²) < 4.78 is 0. The number of fused-ring (bicyclic) bond motifs is 1. The lowest BCUT2D eigenvalue weighted by Crippen LogP contribution is -2.55. The van der Waals surface area contributed by atoms with E-state index in [2.05, 4.69) is 20.7 Å². The van der Waals surface area contributed by atoms with Crippen molar-refractivity contribution in [2.75, 3.05) is 0 Å². The van der Waals surface area contributed by atoms with Crippen LogP contribution in [0.15, 0.2) is 34.2 Å². The van der Waals surface area contributed by atoms with Crippen LogP contribution in [0.3, 0.4) is 0 Å². The molecule has 1 aromatic carbocycles. The molecule has 1 aromatic heterocycles. The van der Waals surface area contributed by atoms with E-state index in [0.717, 1.165) is 37.8 Å². The van der Waals surface area contributed by atoms with E-state index >= 15 is 0 Å². The number of carbonyl (C=O) groups is 1. The maximum Gasteiger partial charge on any atom is 0.292 e. The van der Waals surface area contributed by atoms with Gasteiger partial charge in [0, 0.05) is 22.9 Å². The minimum absolute atomic E-state index is 0.159. The monoisotopic (exact) mass is 352 g/mol. The summed E-state index contributed by atoms with van der Waals surface area (Å²) in [6.45, 7) is 0. The van der Waals surface area contributed by atoms with Crippen LogP contribution in [0.25, 0.3) is 10.8 Å². The molecule has 4 aliphatic carbocycles. The summed E-state index contributed by atoms with van der Waals surface area (Å²) in [6, 6.07) is 6.89. The fourth-order valence-electron chi connectivity index (χ4n) is 5.36. The van der Waals surface area contributed by atoms with Crippen LogP contribution in [0, 0.1) is 17.8 Å². The molecule has 134 valence electrons. The third-order valence-electron chi connectivity index (χ3n) is 6.19. The average Bonchev–Trinajstić information content (AvgIpc) is 2.60. The van der Waals surface area contributed by atoms with Crippen molar-refractivity contribution in [3.63, 3.8) is 0 Å². The first-order valence-electron chi connectivity index (χ1n) is 9.10. The molecule has 4 bridgehead atoms. The molecule has 0 spiro atoms. The van der Waals surface area contributed by atoms with E-state index < -0.39 is 11.5 Å². The Bertz CT molecular complexity index is 978. The molecule has 1 amide bonds. The van der Waals surface area contributed by atoms with Crippen LogP contribution < -0.4 is 11.0 Å². The topological polar surface area (TPSA) is 107 Å². The number of hydrogen-bond donors (Lipinski definition) is 3. The number of aromatic amines is 1. The molecule has 7 nitrogen and oxygen atoms in total. The summed E-state index contributed by atoms with van der Waals surface area (Å²) >= 11 is 0. The Morgan fingerprint density at radius 3 is 2.58 bits per heavy atom. The van der Waals surface area contributed by atoms with Crippen molar-refractivity contribution in [3.05, 3.63) is 40.3 Å². The van der Waals surface area contributed by atoms with Crippen molar-refractivity contribution in [1.29, 1.82) is 0 Å². The smallest absolute Gasteiger partial charge is 0.292 e. The molecular weight excluding hydrogens is 332 g/mol. The van der Waals surface area contributed by atoms with Crippen molar-refractivity contribution < 1.29 is 9.90 Å². The van der Waals surface area contributed by atoms with Gasteiger partial charge < -0.3 is 5.11 Å². The van der Waals surface area contributed by atoms with Crippen molar-refractivity contribution in [2.24, 2.45) is 22.9 Å². The van der Waals surface area contributed by atoms with Gasteiger partial charge in [-0.2, -0.15) is 10.2 Å². The summed E-state index contributed by atoms with van der Waals surface area (Å²) in [5, 5.41) is 22.3. The van der Waals surface area contributed by atoms with Crippen molar-refractivity contribution in [3.8, 4) is 0 Å². The largest absolute Gasteiger partial charge is 0.390 e. The fourth-order valence-corrected chi connectivity index (χ4v) is 5.36. The lowest BCUT2D eigenvalue weighted by molar-refractivity contribution is -0.0825. The SMILES string of the molecule is O=C(NN=C1C2CC3CC1CC(O)(C3)C2)c1n[nH]c(=O)c2ccccc12. The van der Waals surface area contributed by atoms with E-state index in [1.807, 2.05) is 0 Å². The molecule has 1 heterocycles. The molecule has 4 saturated carbocycles. The molecule has 4 aliphatic rings. The first kappa shape index (κ1) is 15.7. The molecule has 7 heteroatoms. The molecule has 0 saturated heterocycles. The zero-order valence-corrected chi connectivity index (χ0v) is 14.2. The molecule has 2 unspecified atom stereocenters. The zero-order chi connectivity index (χ0) is 17.9. The summed E-state index contributed by atoms with van der Waals surface area (Å²) in [4.78, 5) is 24.5. The molecule has 3 N–H and O–H groups in total. The molecular formula is C19H20N4O3. The molecule has 0 radical (unpaired) electrons. The Morgan fingerprint density at radius 1 is 1.19 bits per heavy atom. The Kier molecular flexibility index (Phi) is 3.31. The number of aromatic nitrogens is 2. The van der Waals surface area contributed by atoms with E-state index in [1.54, 1.807) is 24.3 Å². The average molecular weight is 352 g/mol. The van der Waals surface area contributed by atoms with Crippen LogP contribution >= 0.6 is 0 Å². The highest BCUT2D eigenvalue weighted by atomic mass is 16.3. The number of amides is 1. The first-order valence-corrected chi connectivity index (χ1v) is 9.10. The molecule has 2 atom stereocenters. The number of nitrogens with one attached hydrogen (secondary N) is 2. The van der Waals surface area contributed by atoms with E-state index in [4.69, 9.17) is 0 Å². The summed E-state index contributed by atoms with van der Waals surface area (Å²) in [5.74, 6) is 0.660. The highest BCUT2D eigenvalue weighted by Crippen LogP contribution is 2.54. The summed E-state index contributed by atoms with van der Waals surface area (Å²) in [6.07, 6.45) is 4.50. The molecule has 4 fully saturated rings. The van der Waals surface area contributed by atoms with Gasteiger partial charge in [0.2, 0.25) is 0 Å². The number of benzene rings is 1. The number of rotatable bonds is 2. The van der Waals surface area contributed by atoms with E-state index in [1.165, 1.54) is 0 Å². The summed E-state index contributed by atoms with van der Waals surface area (Å²) in [5.41, 5.74) is 2.95. The van der Waals surface area contributed by atoms with Gasteiger partial charge in [-0.1, -0.05) is 18.2 Å². The van der Waals surface area contributed by atoms with Gasteiger partial charge in [0.05, 0.1) is 11.0 Å². The number of nitrogens with zero attached hydrogens (tertiary/aromatic N) is 2. The number of carbonyl (C=O) groups excluding carboxylic acids is 1. The van der Waals surface area contributed by atoms with E-state index in [0.29, 0.717) is 16.7 Å². The van der Waals surface area contributed by atoms with Crippen LogP contribution in [-0.2, 0) is 0 Å². The van der Waals surface area contributed by atoms with Gasteiger partial charge in [0.1, 0.15) is 0 Å². The van der Waals surface area contributed by atoms with E-state index in [9.17, 15) is 14.7 Å². The predicted molar refractivity (Wildman–Crippen MR) is 95.8 cm³/mol. The van der Waals surface area contributed by atoms with Gasteiger partial charge in [-0.3, -0.25) is 9.59 Å². The third-order valence-corrected chi connectivity index (χ3v) is 6.19. The van der Waals surface area contributed by atoms with Gasteiger partial charge in [-0.15, -0.1) is 0 Å². The fraction of sp³-hybridized carbons (Fsp3) is 0.474. The van der Waals surface area contributed by atoms with Gasteiger partial charge >= 0.3 is 0 Å². The van der Waals surface area contributed by atoms with Gasteiger partial charge in [0.25, 0.3) is 11.5 Å². The second-order valence-electron chi connectivity index (χ2n) is 7.99. The van der Waals surface area contributed by atoms with Crippen LogP contribution in [0.5, 0.6) is 0 Å². The lowest BCUT2D eigenvalue weighted by Gasteiger charge is -2.54. The number of H-pyrrole nitrogens is 1. The Labute approximate surface area is 149 Å². The van der Waals surface area contributed by atoms with Crippen molar-refractivity contribution >= 4 is 22.4 Å². The highest BCUT2D eigenvalue weighted by Gasteiger charge is 2.53. The van der Waals surface area contributed by atoms with Gasteiger partial charge in [-0.05, 0) is 44.1 Å². The third kappa shape index (κ3) is 2.38. The standard InChI is InChI=1S/C19H20N4O3/c24-17-14-4-2-1-3-13(14)16(21-22-17)18(25)23-20-15-11-5-10-6-12(15)9-19(26,7-10)8-11/h1-4,10-12,26H,5-9H2,(H,22,24)(H,23,25). The van der Waals surface area contributed by atoms with Gasteiger partial charge in [0.15, 0.2) is 5.69 Å². The quantitative estimate of drug-likeness (QED) is 0.713. The second-order valence-corrected chi connectivity index (χ2v) is 7.99. The number of hydrazone groups is 1. The maximum atomic E-state index is 12.6. The van der Waals surface area contributed by atoms with Crippen molar-refractivity contribution in [2.45, 2.75) is 37.7 Å². The lowest BCUT2D eigenvalue weighted by atomic mass is 9.53. The Morgan fingerprint density at radius 2 is 1.88 bits per heavy atom. The Hall–Kier alpha value is -2.54. The summed E-state index contributed by atoms with van der Waals surface area (Å²) in [7, 11) is 0. The van der Waals surface area contributed by atoms with Crippen LogP contribution in [0.1, 0.15) is 42.6 Å². The first-order chi connectivity index (χ1) is 12.5. The molecule has 0 aliphatic heterocycles. The van der Waals surface area contributed by atoms with Gasteiger partial charge in [-0.25, -0.2) is 10.5 Å². The highest BCUT2D eigenvalue weighted by molar-refractivity contribution is 6.05. The van der Waals surface area contributed by atoms with Crippen LogP contribution in [0.4, 0.5) is 0 Å². The maximum absolute atomic E-state index is 12.6. The minimum Gasteiger partial charge on any atom is -0.390 e. The normalized spacial score (nSPS) is 32.0. The van der Waals surface area contributed by atoms with E-state index in [-0.39, 0.29) is 23.1 Å². The molecule has 26 heavy (non-hydrogen) atoms. The minimum atomic E-state index is -0.532. The van der Waals surface area contributed by atoms with Crippen LogP contribution in [-0.4, -0.2) is 32.5 Å². The zero-order valence-electron chi connectivity index (χ0n) is 14.2. The predicted octanol–water partition coefficient (Wildman–Crippen LogP) is 1.58. The Balaban J connectivity index is 1.43. The molecule has 2 aromatic rings. The number of hydrogen-bond acceptors (Lipinski definition) is 5.